The molecule has 33 heavy (non-hydrogen) atoms. The van der Waals surface area contributed by atoms with Gasteiger partial charge in [0.1, 0.15) is 5.02 Å². The van der Waals surface area contributed by atoms with E-state index in [1.54, 1.807) is 6.20 Å². The average molecular weight is 464 g/mol. The molecule has 0 radical (unpaired) electrons. The lowest BCUT2D eigenvalue weighted by molar-refractivity contribution is -0.119. The number of carbonyl (C=O) groups excluding carboxylic acids is 1. The second-order valence-corrected chi connectivity index (χ2v) is 8.86. The summed E-state index contributed by atoms with van der Waals surface area (Å²) >= 11 is 6.46. The zero-order valence-corrected chi connectivity index (χ0v) is 19.1. The van der Waals surface area contributed by atoms with E-state index in [-0.39, 0.29) is 16.5 Å². The van der Waals surface area contributed by atoms with Crippen LogP contribution in [0.3, 0.4) is 0 Å². The molecule has 0 aliphatic carbocycles. The van der Waals surface area contributed by atoms with Crippen molar-refractivity contribution in [3.05, 3.63) is 87.3 Å². The number of anilines is 2. The SMILES string of the molecule is O=C(CN1CCN(c2cnn(Cc3ccccc3)c(=O)c2Cl)CC1)N1CCc2ccccc21. The number of carbonyl (C=O) groups is 1. The van der Waals surface area contributed by atoms with Gasteiger partial charge in [-0.25, -0.2) is 4.68 Å². The second kappa shape index (κ2) is 9.37. The van der Waals surface area contributed by atoms with Crippen LogP contribution < -0.4 is 15.4 Å². The molecule has 1 amide bonds. The summed E-state index contributed by atoms with van der Waals surface area (Å²) in [6, 6.07) is 17.8. The minimum atomic E-state index is -0.289. The number of amides is 1. The molecule has 0 atom stereocenters. The van der Waals surface area contributed by atoms with Gasteiger partial charge in [0.2, 0.25) is 5.91 Å². The zero-order valence-electron chi connectivity index (χ0n) is 18.4. The number of fused-ring (bicyclic) bond motifs is 1. The zero-order chi connectivity index (χ0) is 22.8. The van der Waals surface area contributed by atoms with Gasteiger partial charge in [0.05, 0.1) is 25.0 Å². The third-order valence-corrected chi connectivity index (χ3v) is 6.76. The van der Waals surface area contributed by atoms with Crippen molar-refractivity contribution < 1.29 is 4.79 Å². The highest BCUT2D eigenvalue weighted by atomic mass is 35.5. The Balaban J connectivity index is 1.20. The summed E-state index contributed by atoms with van der Waals surface area (Å²) in [5.41, 5.74) is 3.64. The van der Waals surface area contributed by atoms with Crippen LogP contribution in [0.2, 0.25) is 5.02 Å². The lowest BCUT2D eigenvalue weighted by Gasteiger charge is -2.36. The summed E-state index contributed by atoms with van der Waals surface area (Å²) in [5, 5.41) is 4.55. The van der Waals surface area contributed by atoms with Gasteiger partial charge in [0.15, 0.2) is 0 Å². The van der Waals surface area contributed by atoms with Gasteiger partial charge in [-0.2, -0.15) is 5.10 Å². The fraction of sp³-hybridized carbons (Fsp3) is 0.320. The van der Waals surface area contributed by atoms with E-state index in [9.17, 15) is 9.59 Å². The molecule has 170 valence electrons. The molecule has 0 unspecified atom stereocenters. The Kier molecular flexibility index (Phi) is 6.15. The van der Waals surface area contributed by atoms with Crippen LogP contribution in [0.15, 0.2) is 65.6 Å². The molecule has 2 aromatic carbocycles. The van der Waals surface area contributed by atoms with Crippen LogP contribution in [0, 0.1) is 0 Å². The van der Waals surface area contributed by atoms with E-state index in [2.05, 4.69) is 21.0 Å². The largest absolute Gasteiger partial charge is 0.366 e. The number of hydrogen-bond acceptors (Lipinski definition) is 5. The summed E-state index contributed by atoms with van der Waals surface area (Å²) in [6.07, 6.45) is 2.59. The number of rotatable bonds is 5. The normalized spacial score (nSPS) is 16.2. The third-order valence-electron chi connectivity index (χ3n) is 6.40. The van der Waals surface area contributed by atoms with Crippen LogP contribution in [0.5, 0.6) is 0 Å². The van der Waals surface area contributed by atoms with Gasteiger partial charge in [0, 0.05) is 38.4 Å². The lowest BCUT2D eigenvalue weighted by atomic mass is 10.2. The molecule has 8 heteroatoms. The van der Waals surface area contributed by atoms with E-state index in [4.69, 9.17) is 11.6 Å². The van der Waals surface area contributed by atoms with Crippen LogP contribution in [0.25, 0.3) is 0 Å². The number of benzene rings is 2. The minimum absolute atomic E-state index is 0.136. The molecular formula is C25H26ClN5O2. The Morgan fingerprint density at radius 1 is 0.909 bits per heavy atom. The maximum Gasteiger partial charge on any atom is 0.287 e. The van der Waals surface area contributed by atoms with Crippen molar-refractivity contribution in [3.8, 4) is 0 Å². The molecule has 5 rings (SSSR count). The quantitative estimate of drug-likeness (QED) is 0.582. The van der Waals surface area contributed by atoms with Crippen molar-refractivity contribution >= 4 is 28.9 Å². The second-order valence-electron chi connectivity index (χ2n) is 8.48. The molecule has 2 aliphatic heterocycles. The smallest absolute Gasteiger partial charge is 0.287 e. The maximum absolute atomic E-state index is 12.9. The predicted molar refractivity (Wildman–Crippen MR) is 130 cm³/mol. The maximum atomic E-state index is 12.9. The molecule has 1 saturated heterocycles. The van der Waals surface area contributed by atoms with Crippen molar-refractivity contribution in [1.29, 1.82) is 0 Å². The molecule has 0 saturated carbocycles. The first-order valence-corrected chi connectivity index (χ1v) is 11.6. The van der Waals surface area contributed by atoms with E-state index in [1.807, 2.05) is 53.4 Å². The van der Waals surface area contributed by atoms with Crippen molar-refractivity contribution in [1.82, 2.24) is 14.7 Å². The molecule has 1 aromatic heterocycles. The van der Waals surface area contributed by atoms with E-state index in [0.29, 0.717) is 31.9 Å². The van der Waals surface area contributed by atoms with Gasteiger partial charge in [-0.3, -0.25) is 14.5 Å². The van der Waals surface area contributed by atoms with Crippen LogP contribution >= 0.6 is 11.6 Å². The predicted octanol–water partition coefficient (Wildman–Crippen LogP) is 2.66. The van der Waals surface area contributed by atoms with Gasteiger partial charge in [0.25, 0.3) is 5.56 Å². The molecule has 1 fully saturated rings. The lowest BCUT2D eigenvalue weighted by Crippen LogP contribution is -2.50. The Morgan fingerprint density at radius 2 is 1.64 bits per heavy atom. The molecule has 0 N–H and O–H groups in total. The van der Waals surface area contributed by atoms with Gasteiger partial charge >= 0.3 is 0 Å². The van der Waals surface area contributed by atoms with Crippen LogP contribution in [-0.2, 0) is 17.8 Å². The van der Waals surface area contributed by atoms with E-state index in [1.165, 1.54) is 10.2 Å². The number of nitrogens with zero attached hydrogens (tertiary/aromatic N) is 5. The van der Waals surface area contributed by atoms with Gasteiger partial charge in [-0.15, -0.1) is 0 Å². The van der Waals surface area contributed by atoms with Crippen LogP contribution in [0.4, 0.5) is 11.4 Å². The molecule has 3 heterocycles. The highest BCUT2D eigenvalue weighted by molar-refractivity contribution is 6.33. The van der Waals surface area contributed by atoms with Crippen LogP contribution in [-0.4, -0.2) is 59.9 Å². The summed E-state index contributed by atoms with van der Waals surface area (Å²) in [4.78, 5) is 31.8. The first-order chi connectivity index (χ1) is 16.1. The Bertz CT molecular complexity index is 1200. The highest BCUT2D eigenvalue weighted by Crippen LogP contribution is 2.28. The number of hydrogen-bond donors (Lipinski definition) is 0. The molecular weight excluding hydrogens is 438 g/mol. The van der Waals surface area contributed by atoms with Gasteiger partial charge in [-0.05, 0) is 23.6 Å². The average Bonchev–Trinajstić information content (AvgIpc) is 3.28. The monoisotopic (exact) mass is 463 g/mol. The summed E-state index contributed by atoms with van der Waals surface area (Å²) in [5.74, 6) is 0.136. The third kappa shape index (κ3) is 4.51. The van der Waals surface area contributed by atoms with Crippen molar-refractivity contribution in [3.63, 3.8) is 0 Å². The first kappa shape index (κ1) is 21.7. The van der Waals surface area contributed by atoms with Gasteiger partial charge < -0.3 is 9.80 Å². The van der Waals surface area contributed by atoms with E-state index >= 15 is 0 Å². The summed E-state index contributed by atoms with van der Waals surface area (Å²) < 4.78 is 1.39. The summed E-state index contributed by atoms with van der Waals surface area (Å²) in [7, 11) is 0. The Morgan fingerprint density at radius 3 is 2.42 bits per heavy atom. The fourth-order valence-electron chi connectivity index (χ4n) is 4.57. The number of piperazine rings is 1. The molecule has 0 spiro atoms. The summed E-state index contributed by atoms with van der Waals surface area (Å²) in [6.45, 7) is 4.36. The minimum Gasteiger partial charge on any atom is -0.366 e. The Hall–Kier alpha value is -3.16. The molecule has 7 nitrogen and oxygen atoms in total. The van der Waals surface area contributed by atoms with Crippen molar-refractivity contribution in [2.24, 2.45) is 0 Å². The first-order valence-electron chi connectivity index (χ1n) is 11.3. The van der Waals surface area contributed by atoms with E-state index < -0.39 is 0 Å². The van der Waals surface area contributed by atoms with Crippen molar-refractivity contribution in [2.75, 3.05) is 49.1 Å². The van der Waals surface area contributed by atoms with Crippen molar-refractivity contribution in [2.45, 2.75) is 13.0 Å². The van der Waals surface area contributed by atoms with Crippen LogP contribution in [0.1, 0.15) is 11.1 Å². The number of halogens is 1. The topological polar surface area (TPSA) is 61.7 Å². The highest BCUT2D eigenvalue weighted by Gasteiger charge is 2.27. The Labute approximate surface area is 197 Å². The van der Waals surface area contributed by atoms with Gasteiger partial charge in [-0.1, -0.05) is 60.1 Å². The molecule has 2 aliphatic rings. The molecule has 0 bridgehead atoms. The fourth-order valence-corrected chi connectivity index (χ4v) is 4.83. The standard InChI is InChI=1S/C25H26ClN5O2/c26-24-22(16-27-31(25(24)33)17-19-6-2-1-3-7-19)29-14-12-28(13-15-29)18-23(32)30-11-10-20-8-4-5-9-21(20)30/h1-9,16H,10-15,17-18H2. The molecule has 3 aromatic rings. The number of aromatic nitrogens is 2. The van der Waals surface area contributed by atoms with E-state index in [0.717, 1.165) is 37.3 Å². The number of para-hydroxylation sites is 1.